The second kappa shape index (κ2) is 5.51. The van der Waals surface area contributed by atoms with E-state index in [9.17, 15) is 4.79 Å². The third-order valence-corrected chi connectivity index (χ3v) is 2.55. The van der Waals surface area contributed by atoms with Gasteiger partial charge in [0.2, 0.25) is 0 Å². The van der Waals surface area contributed by atoms with Crippen LogP contribution >= 0.6 is 0 Å². The predicted molar refractivity (Wildman–Crippen MR) is 63.9 cm³/mol. The van der Waals surface area contributed by atoms with E-state index in [-0.39, 0.29) is 0 Å². The molecule has 0 fully saturated rings. The number of benzene rings is 1. The number of rotatable bonds is 4. The van der Waals surface area contributed by atoms with Gasteiger partial charge in [0.05, 0.1) is 7.11 Å². The largest absolute Gasteiger partial charge is 0.468 e. The minimum atomic E-state index is -0.613. The number of nitrogen functional groups attached to an aromatic ring is 1. The molecule has 1 atom stereocenters. The van der Waals surface area contributed by atoms with Crippen molar-refractivity contribution in [1.82, 2.24) is 0 Å². The van der Waals surface area contributed by atoms with Crippen molar-refractivity contribution in [2.75, 3.05) is 12.8 Å². The summed E-state index contributed by atoms with van der Waals surface area (Å²) < 4.78 is 4.58. The van der Waals surface area contributed by atoms with Crippen LogP contribution in [0.2, 0.25) is 0 Å². The Morgan fingerprint density at radius 2 is 2.19 bits per heavy atom. The molecule has 0 heterocycles. The zero-order valence-electron chi connectivity index (χ0n) is 9.69. The molecule has 1 aromatic rings. The van der Waals surface area contributed by atoms with Crippen LogP contribution in [0, 0.1) is 0 Å². The summed E-state index contributed by atoms with van der Waals surface area (Å²) in [5.74, 6) is -0.394. The van der Waals surface area contributed by atoms with Crippen LogP contribution in [0.3, 0.4) is 0 Å². The zero-order chi connectivity index (χ0) is 12.1. The van der Waals surface area contributed by atoms with Crippen molar-refractivity contribution in [3.8, 4) is 0 Å². The Bertz CT molecular complexity index is 377. The predicted octanol–water partition coefficient (Wildman–Crippen LogP) is 0.874. The fraction of sp³-hybridized carbons (Fsp3) is 0.417. The van der Waals surface area contributed by atoms with E-state index in [1.54, 1.807) is 0 Å². The van der Waals surface area contributed by atoms with E-state index in [0.29, 0.717) is 6.42 Å². The number of esters is 1. The molecule has 0 aliphatic carbocycles. The molecule has 16 heavy (non-hydrogen) atoms. The normalized spacial score (nSPS) is 12.2. The Hall–Kier alpha value is -1.55. The lowest BCUT2D eigenvalue weighted by Gasteiger charge is -2.11. The van der Waals surface area contributed by atoms with E-state index < -0.39 is 12.0 Å². The molecule has 0 saturated heterocycles. The zero-order valence-corrected chi connectivity index (χ0v) is 9.69. The van der Waals surface area contributed by atoms with Gasteiger partial charge >= 0.3 is 5.97 Å². The number of methoxy groups -OCH3 is 1. The molecule has 0 amide bonds. The lowest BCUT2D eigenvalue weighted by atomic mass is 10.0. The molecule has 0 aromatic heterocycles. The number of carbonyl (C=O) groups is 1. The van der Waals surface area contributed by atoms with Crippen LogP contribution in [-0.4, -0.2) is 19.1 Å². The van der Waals surface area contributed by atoms with Crippen LogP contribution in [0.25, 0.3) is 0 Å². The summed E-state index contributed by atoms with van der Waals surface area (Å²) in [6, 6.07) is 5.10. The van der Waals surface area contributed by atoms with Crippen molar-refractivity contribution in [2.45, 2.75) is 25.8 Å². The first-order chi connectivity index (χ1) is 7.58. The fourth-order valence-electron chi connectivity index (χ4n) is 1.58. The Labute approximate surface area is 95.6 Å². The minimum absolute atomic E-state index is 0.394. The van der Waals surface area contributed by atoms with Gasteiger partial charge in [-0.15, -0.1) is 0 Å². The summed E-state index contributed by atoms with van der Waals surface area (Å²) in [6.45, 7) is 2.04. The number of ether oxygens (including phenoxy) is 1. The molecule has 0 aliphatic heterocycles. The maximum absolute atomic E-state index is 11.2. The molecular formula is C12H18N2O2. The Kier molecular flexibility index (Phi) is 4.31. The van der Waals surface area contributed by atoms with Crippen molar-refractivity contribution in [1.29, 1.82) is 0 Å². The van der Waals surface area contributed by atoms with Crippen LogP contribution < -0.4 is 11.5 Å². The maximum Gasteiger partial charge on any atom is 0.322 e. The monoisotopic (exact) mass is 222 g/mol. The van der Waals surface area contributed by atoms with Crippen LogP contribution in [0.4, 0.5) is 5.69 Å². The maximum atomic E-state index is 11.2. The summed E-state index contributed by atoms with van der Waals surface area (Å²) in [4.78, 5) is 11.2. The van der Waals surface area contributed by atoms with Crippen LogP contribution in [0.5, 0.6) is 0 Å². The first-order valence-electron chi connectivity index (χ1n) is 5.29. The van der Waals surface area contributed by atoms with Gasteiger partial charge in [-0.1, -0.05) is 19.1 Å². The van der Waals surface area contributed by atoms with Crippen molar-refractivity contribution in [2.24, 2.45) is 5.73 Å². The molecule has 0 aliphatic rings. The molecule has 0 unspecified atom stereocenters. The molecule has 88 valence electrons. The van der Waals surface area contributed by atoms with E-state index in [1.165, 1.54) is 7.11 Å². The molecule has 0 bridgehead atoms. The summed E-state index contributed by atoms with van der Waals surface area (Å²) in [5, 5.41) is 0. The van der Waals surface area contributed by atoms with Gasteiger partial charge in [0, 0.05) is 5.69 Å². The van der Waals surface area contributed by atoms with Gasteiger partial charge in [-0.05, 0) is 30.0 Å². The first kappa shape index (κ1) is 12.5. The Morgan fingerprint density at radius 1 is 1.50 bits per heavy atom. The molecule has 4 N–H and O–H groups in total. The van der Waals surface area contributed by atoms with Gasteiger partial charge in [-0.25, -0.2) is 0 Å². The molecule has 0 spiro atoms. The number of carbonyl (C=O) groups excluding carboxylic acids is 1. The molecule has 1 aromatic carbocycles. The standard InChI is InChI=1S/C12H18N2O2/c1-3-9-6-8(4-5-10(9)13)7-11(14)12(15)16-2/h4-6,11H,3,7,13-14H2,1-2H3/t11-/m1/s1. The highest BCUT2D eigenvalue weighted by Gasteiger charge is 2.14. The number of aryl methyl sites for hydroxylation is 1. The quantitative estimate of drug-likeness (QED) is 0.585. The molecule has 0 saturated carbocycles. The molecule has 4 nitrogen and oxygen atoms in total. The number of hydrogen-bond donors (Lipinski definition) is 2. The molecule has 0 radical (unpaired) electrons. The SMILES string of the molecule is CCc1cc(C[C@@H](N)C(=O)OC)ccc1N. The highest BCUT2D eigenvalue weighted by atomic mass is 16.5. The van der Waals surface area contributed by atoms with Crippen molar-refractivity contribution in [3.63, 3.8) is 0 Å². The summed E-state index contributed by atoms with van der Waals surface area (Å²) in [7, 11) is 1.34. The summed E-state index contributed by atoms with van der Waals surface area (Å²) in [5.41, 5.74) is 14.3. The van der Waals surface area contributed by atoms with Crippen LogP contribution in [0.15, 0.2) is 18.2 Å². The third-order valence-electron chi connectivity index (χ3n) is 2.55. The second-order valence-electron chi connectivity index (χ2n) is 3.72. The highest BCUT2D eigenvalue weighted by Crippen LogP contribution is 2.15. The Morgan fingerprint density at radius 3 is 2.75 bits per heavy atom. The average molecular weight is 222 g/mol. The molecule has 4 heteroatoms. The van der Waals surface area contributed by atoms with Gasteiger partial charge in [0.25, 0.3) is 0 Å². The lowest BCUT2D eigenvalue weighted by Crippen LogP contribution is -2.33. The topological polar surface area (TPSA) is 78.3 Å². The average Bonchev–Trinajstić information content (AvgIpc) is 2.30. The third kappa shape index (κ3) is 2.97. The minimum Gasteiger partial charge on any atom is -0.468 e. The van der Waals surface area contributed by atoms with E-state index in [1.807, 2.05) is 25.1 Å². The van der Waals surface area contributed by atoms with Gasteiger partial charge in [-0.2, -0.15) is 0 Å². The second-order valence-corrected chi connectivity index (χ2v) is 3.72. The lowest BCUT2D eigenvalue weighted by molar-refractivity contribution is -0.142. The van der Waals surface area contributed by atoms with Gasteiger partial charge in [0.15, 0.2) is 0 Å². The van der Waals surface area contributed by atoms with Crippen molar-refractivity contribution < 1.29 is 9.53 Å². The fourth-order valence-corrected chi connectivity index (χ4v) is 1.58. The highest BCUT2D eigenvalue weighted by molar-refractivity contribution is 5.75. The van der Waals surface area contributed by atoms with Gasteiger partial charge in [0.1, 0.15) is 6.04 Å². The Balaban J connectivity index is 2.78. The van der Waals surface area contributed by atoms with Crippen LogP contribution in [0.1, 0.15) is 18.1 Å². The van der Waals surface area contributed by atoms with Crippen molar-refractivity contribution >= 4 is 11.7 Å². The molecule has 1 rings (SSSR count). The van der Waals surface area contributed by atoms with E-state index in [2.05, 4.69) is 4.74 Å². The van der Waals surface area contributed by atoms with Crippen molar-refractivity contribution in [3.05, 3.63) is 29.3 Å². The molecular weight excluding hydrogens is 204 g/mol. The van der Waals surface area contributed by atoms with Gasteiger partial charge < -0.3 is 16.2 Å². The first-order valence-corrected chi connectivity index (χ1v) is 5.29. The smallest absolute Gasteiger partial charge is 0.322 e. The van der Waals surface area contributed by atoms with Crippen LogP contribution in [-0.2, 0) is 22.4 Å². The van der Waals surface area contributed by atoms with Gasteiger partial charge in [-0.3, -0.25) is 4.79 Å². The van der Waals surface area contributed by atoms with E-state index in [0.717, 1.165) is 23.2 Å². The van der Waals surface area contributed by atoms with E-state index >= 15 is 0 Å². The number of nitrogens with two attached hydrogens (primary N) is 2. The number of hydrogen-bond acceptors (Lipinski definition) is 4. The summed E-state index contributed by atoms with van der Waals surface area (Å²) >= 11 is 0. The summed E-state index contributed by atoms with van der Waals surface area (Å²) in [6.07, 6.45) is 1.34. The van der Waals surface area contributed by atoms with E-state index in [4.69, 9.17) is 11.5 Å². The number of anilines is 1.